The van der Waals surface area contributed by atoms with Crippen LogP contribution >= 0.6 is 0 Å². The number of nitrogens with zero attached hydrogens (tertiary/aromatic N) is 1. The Morgan fingerprint density at radius 2 is 1.83 bits per heavy atom. The molecule has 0 aliphatic rings. The number of halogens is 3. The minimum Gasteiger partial charge on any atom is -0.322 e. The number of hydrogen-bond donors (Lipinski definition) is 1. The highest BCUT2D eigenvalue weighted by molar-refractivity contribution is 6.04. The van der Waals surface area contributed by atoms with E-state index in [9.17, 15) is 18.0 Å². The lowest BCUT2D eigenvalue weighted by atomic mass is 9.98. The third-order valence-corrected chi connectivity index (χ3v) is 3.67. The van der Waals surface area contributed by atoms with Gasteiger partial charge in [-0.05, 0) is 42.2 Å². The molecule has 23 heavy (non-hydrogen) atoms. The Morgan fingerprint density at radius 1 is 1.17 bits per heavy atom. The van der Waals surface area contributed by atoms with Gasteiger partial charge in [-0.3, -0.25) is 9.78 Å². The number of rotatable bonds is 4. The summed E-state index contributed by atoms with van der Waals surface area (Å²) >= 11 is 0. The lowest BCUT2D eigenvalue weighted by molar-refractivity contribution is -0.141. The number of benzene rings is 1. The van der Waals surface area contributed by atoms with Crippen LogP contribution in [0.1, 0.15) is 47.8 Å². The number of aromatic nitrogens is 1. The molecule has 6 heteroatoms. The molecule has 0 spiro atoms. The Morgan fingerprint density at radius 3 is 2.30 bits per heavy atom. The van der Waals surface area contributed by atoms with Gasteiger partial charge in [0.2, 0.25) is 0 Å². The quantitative estimate of drug-likeness (QED) is 0.873. The molecule has 1 atom stereocenters. The topological polar surface area (TPSA) is 42.0 Å². The van der Waals surface area contributed by atoms with Crippen molar-refractivity contribution in [3.63, 3.8) is 0 Å². The molecule has 0 fully saturated rings. The Labute approximate surface area is 132 Å². The van der Waals surface area contributed by atoms with E-state index in [0.717, 1.165) is 24.8 Å². The van der Waals surface area contributed by atoms with Crippen molar-refractivity contribution < 1.29 is 18.0 Å². The standard InChI is InChI=1S/C17H17F3N2O/c1-3-11(2)12-4-7-14(8-5-12)22-16(23)13-6-9-15(21-10-13)17(18,19)20/h4-11H,3H2,1-2H3,(H,22,23). The SMILES string of the molecule is CCC(C)c1ccc(NC(=O)c2ccc(C(F)(F)F)nc2)cc1. The van der Waals surface area contributed by atoms with Gasteiger partial charge >= 0.3 is 6.18 Å². The van der Waals surface area contributed by atoms with Crippen molar-refractivity contribution in [1.29, 1.82) is 0 Å². The maximum atomic E-state index is 12.4. The predicted molar refractivity (Wildman–Crippen MR) is 82.3 cm³/mol. The molecule has 0 aliphatic heterocycles. The molecule has 1 amide bonds. The second-order valence-corrected chi connectivity index (χ2v) is 5.32. The number of pyridine rings is 1. The lowest BCUT2D eigenvalue weighted by Crippen LogP contribution is -2.14. The summed E-state index contributed by atoms with van der Waals surface area (Å²) in [5.74, 6) is -0.0682. The van der Waals surface area contributed by atoms with Crippen LogP contribution in [-0.2, 0) is 6.18 Å². The fourth-order valence-electron chi connectivity index (χ4n) is 2.03. The van der Waals surface area contributed by atoms with E-state index >= 15 is 0 Å². The molecule has 3 nitrogen and oxygen atoms in total. The molecule has 1 heterocycles. The van der Waals surface area contributed by atoms with Crippen LogP contribution < -0.4 is 5.32 Å². The molecule has 2 rings (SSSR count). The van der Waals surface area contributed by atoms with Crippen LogP contribution in [0, 0.1) is 0 Å². The smallest absolute Gasteiger partial charge is 0.322 e. The molecule has 0 saturated heterocycles. The summed E-state index contributed by atoms with van der Waals surface area (Å²) in [5.41, 5.74) is 0.805. The Hall–Kier alpha value is -2.37. The van der Waals surface area contributed by atoms with Crippen LogP contribution in [-0.4, -0.2) is 10.9 Å². The van der Waals surface area contributed by atoms with Crippen molar-refractivity contribution in [3.8, 4) is 0 Å². The first-order chi connectivity index (χ1) is 10.8. The summed E-state index contributed by atoms with van der Waals surface area (Å²) in [6.45, 7) is 4.21. The van der Waals surface area contributed by atoms with Crippen molar-refractivity contribution in [2.24, 2.45) is 0 Å². The van der Waals surface area contributed by atoms with Crippen LogP contribution in [0.25, 0.3) is 0 Å². The molecule has 0 aliphatic carbocycles. The largest absolute Gasteiger partial charge is 0.433 e. The molecule has 2 aromatic rings. The molecule has 1 N–H and O–H groups in total. The van der Waals surface area contributed by atoms with Crippen molar-refractivity contribution in [2.45, 2.75) is 32.4 Å². The molecule has 0 radical (unpaired) electrons. The minimum absolute atomic E-state index is 0.0732. The molecule has 1 unspecified atom stereocenters. The zero-order valence-corrected chi connectivity index (χ0v) is 12.8. The normalized spacial score (nSPS) is 12.7. The van der Waals surface area contributed by atoms with Crippen molar-refractivity contribution in [1.82, 2.24) is 4.98 Å². The molecule has 0 bridgehead atoms. The first-order valence-corrected chi connectivity index (χ1v) is 7.25. The van der Waals surface area contributed by atoms with Crippen LogP contribution in [0.5, 0.6) is 0 Å². The van der Waals surface area contributed by atoms with Gasteiger partial charge in [-0.1, -0.05) is 26.0 Å². The number of amides is 1. The van der Waals surface area contributed by atoms with E-state index in [1.807, 2.05) is 12.1 Å². The molecule has 1 aromatic carbocycles. The summed E-state index contributed by atoms with van der Waals surface area (Å²) in [5, 5.41) is 2.64. The Kier molecular flexibility index (Phi) is 5.03. The average Bonchev–Trinajstić information content (AvgIpc) is 2.54. The first kappa shape index (κ1) is 17.0. The third kappa shape index (κ3) is 4.31. The monoisotopic (exact) mass is 322 g/mol. The molecule has 1 aromatic heterocycles. The first-order valence-electron chi connectivity index (χ1n) is 7.25. The van der Waals surface area contributed by atoms with Crippen LogP contribution in [0.2, 0.25) is 0 Å². The third-order valence-electron chi connectivity index (χ3n) is 3.67. The summed E-state index contributed by atoms with van der Waals surface area (Å²) in [7, 11) is 0. The van der Waals surface area contributed by atoms with E-state index in [4.69, 9.17) is 0 Å². The van der Waals surface area contributed by atoms with Crippen LogP contribution in [0.15, 0.2) is 42.6 Å². The van der Waals surface area contributed by atoms with Crippen molar-refractivity contribution in [2.75, 3.05) is 5.32 Å². The number of alkyl halides is 3. The molecular formula is C17H17F3N2O. The van der Waals surface area contributed by atoms with Gasteiger partial charge in [0.05, 0.1) is 5.56 Å². The average molecular weight is 322 g/mol. The van der Waals surface area contributed by atoms with E-state index in [2.05, 4.69) is 24.1 Å². The predicted octanol–water partition coefficient (Wildman–Crippen LogP) is 4.87. The fourth-order valence-corrected chi connectivity index (χ4v) is 2.03. The second kappa shape index (κ2) is 6.81. The zero-order chi connectivity index (χ0) is 17.0. The van der Waals surface area contributed by atoms with Gasteiger partial charge in [-0.15, -0.1) is 0 Å². The molecule has 0 saturated carbocycles. The highest BCUT2D eigenvalue weighted by atomic mass is 19.4. The molecular weight excluding hydrogens is 305 g/mol. The molecule has 122 valence electrons. The van der Waals surface area contributed by atoms with E-state index in [1.165, 1.54) is 5.56 Å². The Balaban J connectivity index is 2.07. The van der Waals surface area contributed by atoms with Crippen LogP contribution in [0.4, 0.5) is 18.9 Å². The summed E-state index contributed by atoms with van der Waals surface area (Å²) in [6.07, 6.45) is -2.57. The summed E-state index contributed by atoms with van der Waals surface area (Å²) < 4.78 is 37.3. The number of carbonyl (C=O) groups is 1. The second-order valence-electron chi connectivity index (χ2n) is 5.32. The van der Waals surface area contributed by atoms with E-state index in [0.29, 0.717) is 11.6 Å². The lowest BCUT2D eigenvalue weighted by Gasteiger charge is -2.11. The van der Waals surface area contributed by atoms with Crippen molar-refractivity contribution in [3.05, 3.63) is 59.4 Å². The van der Waals surface area contributed by atoms with Gasteiger partial charge in [0.25, 0.3) is 5.91 Å². The van der Waals surface area contributed by atoms with Gasteiger partial charge in [0.15, 0.2) is 0 Å². The van der Waals surface area contributed by atoms with Gasteiger partial charge in [-0.2, -0.15) is 13.2 Å². The maximum absolute atomic E-state index is 12.4. The van der Waals surface area contributed by atoms with E-state index in [-0.39, 0.29) is 5.56 Å². The minimum atomic E-state index is -4.51. The summed E-state index contributed by atoms with van der Waals surface area (Å²) in [4.78, 5) is 15.3. The van der Waals surface area contributed by atoms with E-state index < -0.39 is 17.8 Å². The van der Waals surface area contributed by atoms with E-state index in [1.54, 1.807) is 12.1 Å². The highest BCUT2D eigenvalue weighted by Crippen LogP contribution is 2.27. The number of anilines is 1. The van der Waals surface area contributed by atoms with Gasteiger partial charge in [-0.25, -0.2) is 0 Å². The number of hydrogen-bond acceptors (Lipinski definition) is 2. The zero-order valence-electron chi connectivity index (χ0n) is 12.8. The van der Waals surface area contributed by atoms with Crippen molar-refractivity contribution >= 4 is 11.6 Å². The maximum Gasteiger partial charge on any atom is 0.433 e. The van der Waals surface area contributed by atoms with Gasteiger partial charge < -0.3 is 5.32 Å². The Bertz CT molecular complexity index is 664. The van der Waals surface area contributed by atoms with Crippen LogP contribution in [0.3, 0.4) is 0 Å². The number of nitrogens with one attached hydrogen (secondary N) is 1. The van der Waals surface area contributed by atoms with Gasteiger partial charge in [0.1, 0.15) is 5.69 Å². The summed E-state index contributed by atoms with van der Waals surface area (Å²) in [6, 6.07) is 9.30. The highest BCUT2D eigenvalue weighted by Gasteiger charge is 2.32. The number of carbonyl (C=O) groups excluding carboxylic acids is 1. The fraction of sp³-hybridized carbons (Fsp3) is 0.294. The van der Waals surface area contributed by atoms with Gasteiger partial charge in [0, 0.05) is 11.9 Å².